The van der Waals surface area contributed by atoms with E-state index in [1.165, 1.54) is 0 Å². The maximum atomic E-state index is 15.0. The van der Waals surface area contributed by atoms with Gasteiger partial charge in [-0.1, -0.05) is 49.7 Å². The number of carbonyl (C=O) groups excluding carboxylic acids is 3. The molecule has 3 saturated heterocycles. The van der Waals surface area contributed by atoms with Crippen molar-refractivity contribution in [1.82, 2.24) is 4.90 Å². The second kappa shape index (κ2) is 13.8. The quantitative estimate of drug-likeness (QED) is 0.268. The molecule has 2 bridgehead atoms. The molecule has 3 amide bonds. The zero-order valence-electron chi connectivity index (χ0n) is 27.0. The molecule has 0 aliphatic carbocycles. The predicted octanol–water partition coefficient (Wildman–Crippen LogP) is 5.89. The minimum absolute atomic E-state index is 0.0353. The molecule has 2 aromatic carbocycles. The van der Waals surface area contributed by atoms with Gasteiger partial charge in [0.1, 0.15) is 11.8 Å². The van der Waals surface area contributed by atoms with Crippen molar-refractivity contribution >= 4 is 52.5 Å². The van der Waals surface area contributed by atoms with E-state index in [4.69, 9.17) is 16.3 Å². The maximum Gasteiger partial charge on any atom is 0.251 e. The van der Waals surface area contributed by atoms with Gasteiger partial charge in [0.2, 0.25) is 11.8 Å². The first-order valence-electron chi connectivity index (χ1n) is 16.0. The number of halogens is 1. The number of thioether (sulfide) groups is 1. The van der Waals surface area contributed by atoms with Crippen LogP contribution in [-0.2, 0) is 14.4 Å². The van der Waals surface area contributed by atoms with Gasteiger partial charge in [0.05, 0.1) is 46.5 Å². The number of para-hydroxylation sites is 1. The smallest absolute Gasteiger partial charge is 0.251 e. The summed E-state index contributed by atoms with van der Waals surface area (Å²) in [6.07, 6.45) is 4.48. The summed E-state index contributed by atoms with van der Waals surface area (Å²) in [6.45, 7) is 16.3. The van der Waals surface area contributed by atoms with E-state index >= 15 is 4.79 Å². The highest BCUT2D eigenvalue weighted by Crippen LogP contribution is 2.69. The van der Waals surface area contributed by atoms with E-state index in [2.05, 4.69) is 20.1 Å². The van der Waals surface area contributed by atoms with Gasteiger partial charge >= 0.3 is 0 Å². The topological polar surface area (TPSA) is 90.4 Å². The first-order valence-corrected chi connectivity index (χ1v) is 17.3. The summed E-state index contributed by atoms with van der Waals surface area (Å²) in [4.78, 5) is 49.4. The van der Waals surface area contributed by atoms with E-state index in [1.807, 2.05) is 57.2 Å². The highest BCUT2D eigenvalue weighted by atomic mass is 35.5. The fraction of sp³-hybridized carbons (Fsp3) is 0.472. The highest BCUT2D eigenvalue weighted by molar-refractivity contribution is 8.02. The largest absolute Gasteiger partial charge is 0.494 e. The average molecular weight is 666 g/mol. The number of rotatable bonds is 13. The summed E-state index contributed by atoms with van der Waals surface area (Å²) < 4.78 is 4.74. The standard InChI is InChI=1S/C36H44ClN3O5S/c1-7-18-38(25-14-16-26(17-15-25)45-10-4)33(42)29-28-20-23(6)36(46-28)30(29)34(43)40(24(9-3)21-41)32(36)35(44)39(19-8-2)31-22(5)12-11-13-27(31)37/h7-8,11-17,23-24,28-30,32,41H,1-2,9-10,18-21H2,3-6H3/t23?,24-,28-,29+,30-,32?,36?/m0/s1. The lowest BCUT2D eigenvalue weighted by atomic mass is 9.65. The van der Waals surface area contributed by atoms with Crippen LogP contribution in [0.2, 0.25) is 5.02 Å². The first-order chi connectivity index (χ1) is 22.1. The molecule has 3 aliphatic heterocycles. The zero-order valence-corrected chi connectivity index (χ0v) is 28.6. The Balaban J connectivity index is 1.61. The van der Waals surface area contributed by atoms with Crippen LogP contribution in [0.1, 0.15) is 39.2 Å². The van der Waals surface area contributed by atoms with Crippen LogP contribution in [0, 0.1) is 24.7 Å². The molecule has 0 radical (unpaired) electrons. The molecule has 0 saturated carbocycles. The number of aliphatic hydroxyl groups is 1. The molecule has 3 fully saturated rings. The van der Waals surface area contributed by atoms with Crippen molar-refractivity contribution in [3.63, 3.8) is 0 Å². The Morgan fingerprint density at radius 1 is 1.13 bits per heavy atom. The van der Waals surface area contributed by atoms with Gasteiger partial charge in [-0.05, 0) is 68.5 Å². The van der Waals surface area contributed by atoms with E-state index in [0.29, 0.717) is 41.6 Å². The summed E-state index contributed by atoms with van der Waals surface area (Å²) in [5, 5.41) is 10.8. The molecule has 1 N–H and O–H groups in total. The normalized spacial score (nSPS) is 26.9. The first kappa shape index (κ1) is 34.1. The molecule has 246 valence electrons. The second-order valence-electron chi connectivity index (χ2n) is 12.4. The summed E-state index contributed by atoms with van der Waals surface area (Å²) >= 11 is 8.32. The molecular weight excluding hydrogens is 622 g/mol. The number of aliphatic hydroxyl groups excluding tert-OH is 1. The Labute approximate surface area is 281 Å². The van der Waals surface area contributed by atoms with Crippen LogP contribution in [0.3, 0.4) is 0 Å². The third-order valence-electron chi connectivity index (χ3n) is 9.85. The fourth-order valence-corrected chi connectivity index (χ4v) is 10.6. The van der Waals surface area contributed by atoms with Gasteiger partial charge in [0.25, 0.3) is 5.91 Å². The van der Waals surface area contributed by atoms with Crippen LogP contribution in [0.4, 0.5) is 11.4 Å². The third kappa shape index (κ3) is 5.44. The molecule has 1 spiro atoms. The molecule has 0 aromatic heterocycles. The average Bonchev–Trinajstić information content (AvgIpc) is 3.64. The number of carbonyl (C=O) groups is 3. The van der Waals surface area contributed by atoms with Crippen molar-refractivity contribution in [1.29, 1.82) is 0 Å². The number of fused-ring (bicyclic) bond motifs is 1. The Bertz CT molecular complexity index is 1480. The zero-order chi connectivity index (χ0) is 33.3. The number of anilines is 2. The lowest BCUT2D eigenvalue weighted by molar-refractivity contribution is -0.142. The van der Waals surface area contributed by atoms with Crippen LogP contribution in [0.15, 0.2) is 67.8 Å². The Morgan fingerprint density at radius 3 is 2.39 bits per heavy atom. The molecule has 7 atom stereocenters. The van der Waals surface area contributed by atoms with Gasteiger partial charge < -0.3 is 24.5 Å². The number of likely N-dealkylation sites (tertiary alicyclic amines) is 1. The highest BCUT2D eigenvalue weighted by Gasteiger charge is 2.77. The number of hydrogen-bond acceptors (Lipinski definition) is 6. The fourth-order valence-electron chi connectivity index (χ4n) is 7.88. The molecule has 3 heterocycles. The van der Waals surface area contributed by atoms with Gasteiger partial charge in [-0.15, -0.1) is 24.9 Å². The van der Waals surface area contributed by atoms with Gasteiger partial charge in [-0.25, -0.2) is 0 Å². The van der Waals surface area contributed by atoms with Crippen LogP contribution >= 0.6 is 23.4 Å². The number of benzene rings is 2. The van der Waals surface area contributed by atoms with Crippen molar-refractivity contribution in [3.8, 4) is 5.75 Å². The molecule has 5 rings (SSSR count). The number of hydrogen-bond donors (Lipinski definition) is 1. The van der Waals surface area contributed by atoms with E-state index in [1.54, 1.807) is 44.7 Å². The van der Waals surface area contributed by atoms with Crippen molar-refractivity contribution in [2.45, 2.75) is 62.6 Å². The van der Waals surface area contributed by atoms with Crippen LogP contribution < -0.4 is 14.5 Å². The Kier molecular flexibility index (Phi) is 10.3. The minimum atomic E-state index is -0.904. The van der Waals surface area contributed by atoms with E-state index in [0.717, 1.165) is 5.56 Å². The lowest BCUT2D eigenvalue weighted by Gasteiger charge is -2.42. The van der Waals surface area contributed by atoms with Crippen LogP contribution in [0.5, 0.6) is 5.75 Å². The Hall–Kier alpha value is -3.27. The molecule has 3 aliphatic rings. The molecule has 8 nitrogen and oxygen atoms in total. The molecule has 46 heavy (non-hydrogen) atoms. The molecule has 3 unspecified atom stereocenters. The SMILES string of the molecule is C=CCN(C(=O)[C@@H]1[C@@H]2CC(C)C3(S2)C(C(=O)N(CC=C)c2c(C)cccc2Cl)N([C@@H](CC)CO)C(=O)[C@H]13)c1ccc(OCC)cc1. The maximum absolute atomic E-state index is 15.0. The van der Waals surface area contributed by atoms with Gasteiger partial charge in [-0.3, -0.25) is 14.4 Å². The molecule has 2 aromatic rings. The summed E-state index contributed by atoms with van der Waals surface area (Å²) in [5.74, 6) is -1.40. The Morgan fingerprint density at radius 2 is 1.80 bits per heavy atom. The van der Waals surface area contributed by atoms with E-state index in [9.17, 15) is 14.7 Å². The number of nitrogens with zero attached hydrogens (tertiary/aromatic N) is 3. The van der Waals surface area contributed by atoms with Crippen molar-refractivity contribution in [3.05, 3.63) is 78.4 Å². The number of amides is 3. The van der Waals surface area contributed by atoms with E-state index in [-0.39, 0.29) is 48.6 Å². The minimum Gasteiger partial charge on any atom is -0.494 e. The van der Waals surface area contributed by atoms with Crippen LogP contribution in [-0.4, -0.2) is 76.1 Å². The summed E-state index contributed by atoms with van der Waals surface area (Å²) in [6, 6.07) is 11.3. The van der Waals surface area contributed by atoms with Gasteiger partial charge in [0, 0.05) is 24.0 Å². The van der Waals surface area contributed by atoms with Crippen molar-refractivity contribution < 1.29 is 24.2 Å². The third-order valence-corrected chi connectivity index (χ3v) is 12.2. The van der Waals surface area contributed by atoms with E-state index < -0.39 is 28.7 Å². The second-order valence-corrected chi connectivity index (χ2v) is 14.3. The van der Waals surface area contributed by atoms with Gasteiger partial charge in [0.15, 0.2) is 0 Å². The lowest BCUT2D eigenvalue weighted by Crippen LogP contribution is -2.59. The summed E-state index contributed by atoms with van der Waals surface area (Å²) in [5.41, 5.74) is 2.08. The van der Waals surface area contributed by atoms with Crippen molar-refractivity contribution in [2.24, 2.45) is 17.8 Å². The molecule has 10 heteroatoms. The monoisotopic (exact) mass is 665 g/mol. The predicted molar refractivity (Wildman–Crippen MR) is 186 cm³/mol. The summed E-state index contributed by atoms with van der Waals surface area (Å²) in [7, 11) is 0. The molecular formula is C36H44ClN3O5S. The van der Waals surface area contributed by atoms with Crippen LogP contribution in [0.25, 0.3) is 0 Å². The number of ether oxygens (including phenoxy) is 1. The number of aryl methyl sites for hydroxylation is 1. The van der Waals surface area contributed by atoms with Crippen molar-refractivity contribution in [2.75, 3.05) is 36.1 Å². The van der Waals surface area contributed by atoms with Gasteiger partial charge in [-0.2, -0.15) is 0 Å².